The van der Waals surface area contributed by atoms with Crippen LogP contribution in [0.15, 0.2) is 12.1 Å². The van der Waals surface area contributed by atoms with Crippen LogP contribution in [-0.4, -0.2) is 0 Å². The van der Waals surface area contributed by atoms with Crippen molar-refractivity contribution in [2.24, 2.45) is 0 Å². The Bertz CT molecular complexity index is 617. The summed E-state index contributed by atoms with van der Waals surface area (Å²) in [4.78, 5) is 5.64. The lowest BCUT2D eigenvalue weighted by Crippen LogP contribution is -2.27. The van der Waals surface area contributed by atoms with E-state index >= 15 is 0 Å². The van der Waals surface area contributed by atoms with Crippen molar-refractivity contribution in [3.05, 3.63) is 27.5 Å². The van der Waals surface area contributed by atoms with Crippen molar-refractivity contribution in [1.29, 1.82) is 0 Å². The van der Waals surface area contributed by atoms with Gasteiger partial charge in [0.2, 0.25) is 0 Å². The predicted octanol–water partition coefficient (Wildman–Crippen LogP) is 5.79. The maximum Gasteiger partial charge on any atom is 0.140 e. The van der Waals surface area contributed by atoms with Gasteiger partial charge in [0.1, 0.15) is 11.4 Å². The van der Waals surface area contributed by atoms with Crippen LogP contribution in [0.1, 0.15) is 55.9 Å². The Morgan fingerprint density at radius 3 is 2.53 bits per heavy atom. The van der Waals surface area contributed by atoms with Gasteiger partial charge >= 0.3 is 0 Å². The molecule has 0 N–H and O–H groups in total. The number of aryl methyl sites for hydroxylation is 1. The van der Waals surface area contributed by atoms with Crippen molar-refractivity contribution >= 4 is 22.7 Å². The highest BCUT2D eigenvalue weighted by atomic mass is 32.1. The van der Waals surface area contributed by atoms with E-state index in [2.05, 4.69) is 46.8 Å². The molecule has 0 amide bonds. The fourth-order valence-electron chi connectivity index (χ4n) is 2.47. The molecule has 0 saturated heterocycles. The molecule has 2 aromatic heterocycles. The molecular formula is C16H20OS2. The molecule has 0 radical (unpaired) electrons. The zero-order valence-corrected chi connectivity index (χ0v) is 13.8. The molecule has 1 aliphatic rings. The second kappa shape index (κ2) is 4.35. The lowest BCUT2D eigenvalue weighted by molar-refractivity contribution is 0.107. The van der Waals surface area contributed by atoms with Gasteiger partial charge in [-0.05, 0) is 38.3 Å². The predicted molar refractivity (Wildman–Crippen MR) is 84.8 cm³/mol. The largest absolute Gasteiger partial charge is 0.482 e. The number of fused-ring (bicyclic) bond motifs is 3. The molecule has 19 heavy (non-hydrogen) atoms. The van der Waals surface area contributed by atoms with Crippen LogP contribution in [0.25, 0.3) is 9.75 Å². The number of thiophene rings is 2. The van der Waals surface area contributed by atoms with Crippen molar-refractivity contribution in [2.45, 2.75) is 52.6 Å². The Balaban J connectivity index is 2.20. The van der Waals surface area contributed by atoms with Crippen molar-refractivity contribution in [3.63, 3.8) is 0 Å². The quantitative estimate of drug-likeness (QED) is 0.680. The number of ether oxygens (including phenoxy) is 1. The average Bonchev–Trinajstić information content (AvgIpc) is 2.90. The zero-order valence-electron chi connectivity index (χ0n) is 12.2. The number of hydrogen-bond acceptors (Lipinski definition) is 3. The lowest BCUT2D eigenvalue weighted by Gasteiger charge is -2.31. The van der Waals surface area contributed by atoms with Crippen LogP contribution in [-0.2, 0) is 12.0 Å². The van der Waals surface area contributed by atoms with Gasteiger partial charge in [0.25, 0.3) is 0 Å². The first-order chi connectivity index (χ1) is 8.92. The topological polar surface area (TPSA) is 9.23 Å². The Morgan fingerprint density at radius 2 is 1.89 bits per heavy atom. The summed E-state index contributed by atoms with van der Waals surface area (Å²) in [5, 5.41) is 0. The van der Waals surface area contributed by atoms with E-state index in [-0.39, 0.29) is 5.60 Å². The Hall–Kier alpha value is -0.800. The summed E-state index contributed by atoms with van der Waals surface area (Å²) in [5.41, 5.74) is 1.15. The van der Waals surface area contributed by atoms with Crippen molar-refractivity contribution < 1.29 is 4.74 Å². The van der Waals surface area contributed by atoms with E-state index in [0.29, 0.717) is 5.92 Å². The molecule has 0 saturated carbocycles. The van der Waals surface area contributed by atoms with E-state index in [4.69, 9.17) is 4.74 Å². The maximum atomic E-state index is 6.25. The average molecular weight is 292 g/mol. The molecule has 2 aromatic rings. The van der Waals surface area contributed by atoms with Crippen molar-refractivity contribution in [3.8, 4) is 15.5 Å². The third-order valence-electron chi connectivity index (χ3n) is 3.64. The number of rotatable bonds is 2. The van der Waals surface area contributed by atoms with Gasteiger partial charge in [-0.3, -0.25) is 0 Å². The Labute approximate surface area is 123 Å². The molecule has 3 rings (SSSR count). The normalized spacial score (nSPS) is 16.1. The summed E-state index contributed by atoms with van der Waals surface area (Å²) >= 11 is 3.83. The second-order valence-electron chi connectivity index (χ2n) is 5.92. The summed E-state index contributed by atoms with van der Waals surface area (Å²) in [5.74, 6) is 1.65. The van der Waals surface area contributed by atoms with Crippen LogP contribution in [0.3, 0.4) is 0 Å². The lowest BCUT2D eigenvalue weighted by atomic mass is 9.95. The first-order valence-electron chi connectivity index (χ1n) is 6.88. The van der Waals surface area contributed by atoms with Crippen LogP contribution in [0.2, 0.25) is 0 Å². The van der Waals surface area contributed by atoms with E-state index in [9.17, 15) is 0 Å². The Morgan fingerprint density at radius 1 is 1.16 bits per heavy atom. The molecule has 0 fully saturated rings. The van der Waals surface area contributed by atoms with E-state index in [1.807, 2.05) is 22.7 Å². The van der Waals surface area contributed by atoms with Crippen LogP contribution in [0.5, 0.6) is 5.75 Å². The standard InChI is InChI=1S/C16H20OS2/c1-6-10-7-11-14(18-10)15-12(17-16(11,4)5)8-13(19-15)9(2)3/h7-9H,6H2,1-5H3. The molecule has 0 aliphatic carbocycles. The van der Waals surface area contributed by atoms with Gasteiger partial charge in [-0.2, -0.15) is 0 Å². The van der Waals surface area contributed by atoms with Crippen molar-refractivity contribution in [1.82, 2.24) is 0 Å². The highest BCUT2D eigenvalue weighted by molar-refractivity contribution is 7.22. The van der Waals surface area contributed by atoms with Gasteiger partial charge in [-0.25, -0.2) is 0 Å². The van der Waals surface area contributed by atoms with E-state index in [1.54, 1.807) is 0 Å². The van der Waals surface area contributed by atoms with Crippen LogP contribution >= 0.6 is 22.7 Å². The highest BCUT2D eigenvalue weighted by Gasteiger charge is 2.36. The minimum atomic E-state index is -0.207. The molecule has 1 nitrogen and oxygen atoms in total. The van der Waals surface area contributed by atoms with Gasteiger partial charge in [-0.1, -0.05) is 20.8 Å². The molecule has 102 valence electrons. The fraction of sp³-hybridized carbons (Fsp3) is 0.500. The van der Waals surface area contributed by atoms with Gasteiger partial charge < -0.3 is 4.74 Å². The smallest absolute Gasteiger partial charge is 0.140 e. The maximum absolute atomic E-state index is 6.25. The Kier molecular flexibility index (Phi) is 3.02. The van der Waals surface area contributed by atoms with Gasteiger partial charge in [-0.15, -0.1) is 22.7 Å². The van der Waals surface area contributed by atoms with Gasteiger partial charge in [0.15, 0.2) is 0 Å². The first kappa shape index (κ1) is 13.2. The SMILES string of the molecule is CCc1cc2c(s1)-c1sc(C(C)C)cc1OC2(C)C. The van der Waals surface area contributed by atoms with E-state index in [1.165, 1.54) is 25.1 Å². The third-order valence-corrected chi connectivity index (χ3v) is 6.50. The highest BCUT2D eigenvalue weighted by Crippen LogP contribution is 2.53. The molecule has 3 heteroatoms. The molecular weight excluding hydrogens is 272 g/mol. The molecule has 0 bridgehead atoms. The van der Waals surface area contributed by atoms with Crippen molar-refractivity contribution in [2.75, 3.05) is 0 Å². The summed E-state index contributed by atoms with van der Waals surface area (Å²) in [6, 6.07) is 4.57. The minimum Gasteiger partial charge on any atom is -0.482 e. The van der Waals surface area contributed by atoms with Crippen LogP contribution < -0.4 is 4.74 Å². The number of hydrogen-bond donors (Lipinski definition) is 0. The minimum absolute atomic E-state index is 0.207. The summed E-state index contributed by atoms with van der Waals surface area (Å²) in [6.45, 7) is 11.1. The molecule has 0 aromatic carbocycles. The fourth-order valence-corrected chi connectivity index (χ4v) is 4.96. The van der Waals surface area contributed by atoms with E-state index < -0.39 is 0 Å². The van der Waals surface area contributed by atoms with Gasteiger partial charge in [0, 0.05) is 15.3 Å². The van der Waals surface area contributed by atoms with Crippen LogP contribution in [0, 0.1) is 0 Å². The zero-order chi connectivity index (χ0) is 13.8. The molecule has 0 spiro atoms. The molecule has 0 atom stereocenters. The molecule has 3 heterocycles. The summed E-state index contributed by atoms with van der Waals surface area (Å²) in [7, 11) is 0. The van der Waals surface area contributed by atoms with Gasteiger partial charge in [0.05, 0.1) is 9.75 Å². The molecule has 0 unspecified atom stereocenters. The summed E-state index contributed by atoms with van der Waals surface area (Å²) in [6.07, 6.45) is 1.10. The van der Waals surface area contributed by atoms with E-state index in [0.717, 1.165) is 12.2 Å². The first-order valence-corrected chi connectivity index (χ1v) is 8.52. The monoisotopic (exact) mass is 292 g/mol. The second-order valence-corrected chi connectivity index (χ2v) is 8.14. The van der Waals surface area contributed by atoms with Crippen LogP contribution in [0.4, 0.5) is 0 Å². The summed E-state index contributed by atoms with van der Waals surface area (Å²) < 4.78 is 6.25. The molecule has 1 aliphatic heterocycles. The third kappa shape index (κ3) is 2.03.